The van der Waals surface area contributed by atoms with Gasteiger partial charge in [0.15, 0.2) is 11.5 Å². The van der Waals surface area contributed by atoms with E-state index in [2.05, 4.69) is 10.5 Å². The van der Waals surface area contributed by atoms with Gasteiger partial charge in [-0.05, 0) is 49.2 Å². The molecule has 2 aromatic carbocycles. The Labute approximate surface area is 205 Å². The first-order chi connectivity index (χ1) is 16.6. The highest BCUT2D eigenvalue weighted by molar-refractivity contribution is 7.89. The molecule has 0 aliphatic carbocycles. The summed E-state index contributed by atoms with van der Waals surface area (Å²) in [6, 6.07) is 11.9. The summed E-state index contributed by atoms with van der Waals surface area (Å²) >= 11 is 0. The number of benzene rings is 2. The van der Waals surface area contributed by atoms with Crippen LogP contribution in [-0.2, 0) is 28.0 Å². The summed E-state index contributed by atoms with van der Waals surface area (Å²) in [7, 11) is 0.856. The van der Waals surface area contributed by atoms with Gasteiger partial charge in [-0.3, -0.25) is 4.79 Å². The summed E-state index contributed by atoms with van der Waals surface area (Å²) in [6.45, 7) is 4.05. The molecule has 0 saturated carbocycles. The lowest BCUT2D eigenvalue weighted by atomic mass is 10.1. The van der Waals surface area contributed by atoms with Crippen molar-refractivity contribution in [2.45, 2.75) is 31.9 Å². The van der Waals surface area contributed by atoms with Gasteiger partial charge in [0.2, 0.25) is 15.9 Å². The van der Waals surface area contributed by atoms with Crippen molar-refractivity contribution >= 4 is 22.0 Å². The molecular formula is C25H29N3O6S. The van der Waals surface area contributed by atoms with Gasteiger partial charge in [0.25, 0.3) is 0 Å². The van der Waals surface area contributed by atoms with E-state index in [1.165, 1.54) is 33.3 Å². The van der Waals surface area contributed by atoms with E-state index in [-0.39, 0.29) is 17.3 Å². The van der Waals surface area contributed by atoms with Crippen LogP contribution in [-0.4, -0.2) is 45.0 Å². The van der Waals surface area contributed by atoms with Crippen LogP contribution in [0.2, 0.25) is 0 Å². The van der Waals surface area contributed by atoms with E-state index in [4.69, 9.17) is 14.0 Å². The van der Waals surface area contributed by atoms with Crippen LogP contribution >= 0.6 is 0 Å². The van der Waals surface area contributed by atoms with Crippen molar-refractivity contribution < 1.29 is 27.2 Å². The van der Waals surface area contributed by atoms with E-state index >= 15 is 0 Å². The SMILES string of the molecule is COc1cc(/C=C/C(=O)NCc2ccccc2S(=O)(=O)N(C)C)ccc1OCc1c(C)noc1C. The van der Waals surface area contributed by atoms with Crippen molar-refractivity contribution in [1.29, 1.82) is 0 Å². The first-order valence-electron chi connectivity index (χ1n) is 10.8. The first kappa shape index (κ1) is 26.0. The quantitative estimate of drug-likeness (QED) is 0.425. The van der Waals surface area contributed by atoms with Crippen LogP contribution in [0.5, 0.6) is 11.5 Å². The second-order valence-electron chi connectivity index (χ2n) is 7.95. The number of nitrogens with zero attached hydrogens (tertiary/aromatic N) is 2. The normalized spacial score (nSPS) is 11.7. The summed E-state index contributed by atoms with van der Waals surface area (Å²) < 4.78 is 42.6. The average Bonchev–Trinajstić information content (AvgIpc) is 3.17. The van der Waals surface area contributed by atoms with Crippen LogP contribution in [0, 0.1) is 13.8 Å². The molecule has 0 aliphatic rings. The number of aryl methyl sites for hydroxylation is 2. The molecule has 1 aromatic heterocycles. The third-order valence-electron chi connectivity index (χ3n) is 5.35. The minimum atomic E-state index is -3.62. The topological polar surface area (TPSA) is 111 Å². The fourth-order valence-corrected chi connectivity index (χ4v) is 4.39. The molecule has 35 heavy (non-hydrogen) atoms. The Morgan fingerprint density at radius 1 is 1.14 bits per heavy atom. The Kier molecular flexibility index (Phi) is 8.31. The fourth-order valence-electron chi connectivity index (χ4n) is 3.28. The summed E-state index contributed by atoms with van der Waals surface area (Å²) in [4.78, 5) is 12.5. The van der Waals surface area contributed by atoms with Crippen molar-refractivity contribution in [3.05, 3.63) is 76.7 Å². The van der Waals surface area contributed by atoms with E-state index in [0.29, 0.717) is 29.4 Å². The van der Waals surface area contributed by atoms with Gasteiger partial charge < -0.3 is 19.3 Å². The van der Waals surface area contributed by atoms with E-state index < -0.39 is 10.0 Å². The van der Waals surface area contributed by atoms with Crippen molar-refractivity contribution in [3.63, 3.8) is 0 Å². The second-order valence-corrected chi connectivity index (χ2v) is 10.1. The van der Waals surface area contributed by atoms with Gasteiger partial charge in [-0.1, -0.05) is 29.4 Å². The molecule has 0 radical (unpaired) electrons. The van der Waals surface area contributed by atoms with Crippen LogP contribution < -0.4 is 14.8 Å². The van der Waals surface area contributed by atoms with Gasteiger partial charge in [0.1, 0.15) is 12.4 Å². The van der Waals surface area contributed by atoms with Crippen LogP contribution in [0.3, 0.4) is 0 Å². The number of amides is 1. The number of hydrogen-bond acceptors (Lipinski definition) is 7. The predicted octanol–water partition coefficient (Wildman–Crippen LogP) is 3.46. The molecule has 9 nitrogen and oxygen atoms in total. The Morgan fingerprint density at radius 3 is 2.54 bits per heavy atom. The number of sulfonamides is 1. The van der Waals surface area contributed by atoms with Crippen molar-refractivity contribution in [1.82, 2.24) is 14.8 Å². The Bertz CT molecular complexity index is 1310. The standard InChI is InChI=1S/C25H29N3O6S/c1-17-21(18(2)34-27-17)16-33-22-12-10-19(14-23(22)32-5)11-13-25(29)26-15-20-8-6-7-9-24(20)35(30,31)28(3)4/h6-14H,15-16H2,1-5H3,(H,26,29)/b13-11+. The molecule has 0 bridgehead atoms. The largest absolute Gasteiger partial charge is 0.493 e. The smallest absolute Gasteiger partial charge is 0.244 e. The second kappa shape index (κ2) is 11.2. The summed E-state index contributed by atoms with van der Waals surface area (Å²) in [5.74, 6) is 1.41. The number of rotatable bonds is 10. The lowest BCUT2D eigenvalue weighted by molar-refractivity contribution is -0.116. The number of nitrogens with one attached hydrogen (secondary N) is 1. The number of hydrogen-bond donors (Lipinski definition) is 1. The molecular weight excluding hydrogens is 470 g/mol. The molecule has 0 fully saturated rings. The van der Waals surface area contributed by atoms with Crippen molar-refractivity contribution in [3.8, 4) is 11.5 Å². The maximum absolute atomic E-state index is 12.5. The Morgan fingerprint density at radius 2 is 1.89 bits per heavy atom. The van der Waals surface area contributed by atoms with Crippen molar-refractivity contribution in [2.24, 2.45) is 0 Å². The highest BCUT2D eigenvalue weighted by atomic mass is 32.2. The molecule has 186 valence electrons. The molecule has 0 unspecified atom stereocenters. The van der Waals surface area contributed by atoms with E-state index in [1.54, 1.807) is 42.5 Å². The molecule has 3 aromatic rings. The van der Waals surface area contributed by atoms with Crippen LogP contribution in [0.4, 0.5) is 0 Å². The molecule has 10 heteroatoms. The third kappa shape index (κ3) is 6.28. The Hall–Kier alpha value is -3.63. The van der Waals surface area contributed by atoms with Gasteiger partial charge in [-0.2, -0.15) is 0 Å². The highest BCUT2D eigenvalue weighted by Gasteiger charge is 2.20. The maximum atomic E-state index is 12.5. The molecule has 0 aliphatic heterocycles. The van der Waals surface area contributed by atoms with Gasteiger partial charge in [0.05, 0.1) is 23.3 Å². The predicted molar refractivity (Wildman–Crippen MR) is 131 cm³/mol. The lowest BCUT2D eigenvalue weighted by Crippen LogP contribution is -2.26. The summed E-state index contributed by atoms with van der Waals surface area (Å²) in [6.07, 6.45) is 3.01. The lowest BCUT2D eigenvalue weighted by Gasteiger charge is -2.15. The Balaban J connectivity index is 1.65. The molecule has 0 spiro atoms. The fraction of sp³-hybridized carbons (Fsp3) is 0.280. The molecule has 0 atom stereocenters. The zero-order valence-electron chi connectivity index (χ0n) is 20.4. The van der Waals surface area contributed by atoms with Crippen LogP contribution in [0.15, 0.2) is 58.0 Å². The number of carbonyl (C=O) groups excluding carboxylic acids is 1. The van der Waals surface area contributed by atoms with Gasteiger partial charge in [0, 0.05) is 26.7 Å². The number of ether oxygens (including phenoxy) is 2. The molecule has 1 N–H and O–H groups in total. The zero-order valence-corrected chi connectivity index (χ0v) is 21.2. The van der Waals surface area contributed by atoms with Crippen LogP contribution in [0.1, 0.15) is 28.1 Å². The van der Waals surface area contributed by atoms with E-state index in [0.717, 1.165) is 21.1 Å². The minimum absolute atomic E-state index is 0.0736. The molecule has 0 saturated heterocycles. The summed E-state index contributed by atoms with van der Waals surface area (Å²) in [5.41, 5.74) is 2.89. The molecule has 1 heterocycles. The molecule has 3 rings (SSSR count). The third-order valence-corrected chi connectivity index (χ3v) is 7.27. The van der Waals surface area contributed by atoms with Gasteiger partial charge in [-0.25, -0.2) is 12.7 Å². The maximum Gasteiger partial charge on any atom is 0.244 e. The number of aromatic nitrogens is 1. The monoisotopic (exact) mass is 499 g/mol. The first-order valence-corrected chi connectivity index (χ1v) is 12.3. The highest BCUT2D eigenvalue weighted by Crippen LogP contribution is 2.30. The number of methoxy groups -OCH3 is 1. The average molecular weight is 500 g/mol. The van der Waals surface area contributed by atoms with E-state index in [1.807, 2.05) is 13.8 Å². The zero-order chi connectivity index (χ0) is 25.6. The minimum Gasteiger partial charge on any atom is -0.493 e. The number of carbonyl (C=O) groups is 1. The van der Waals surface area contributed by atoms with E-state index in [9.17, 15) is 13.2 Å². The molecule has 1 amide bonds. The van der Waals surface area contributed by atoms with Gasteiger partial charge >= 0.3 is 0 Å². The van der Waals surface area contributed by atoms with Gasteiger partial charge in [-0.15, -0.1) is 0 Å². The summed E-state index contributed by atoms with van der Waals surface area (Å²) in [5, 5.41) is 6.65. The van der Waals surface area contributed by atoms with Crippen LogP contribution in [0.25, 0.3) is 6.08 Å². The van der Waals surface area contributed by atoms with Crippen molar-refractivity contribution in [2.75, 3.05) is 21.2 Å².